The summed E-state index contributed by atoms with van der Waals surface area (Å²) in [6.07, 6.45) is -0.176. The highest BCUT2D eigenvalue weighted by atomic mass is 32.2. The van der Waals surface area contributed by atoms with Gasteiger partial charge in [0.15, 0.2) is 5.37 Å². The lowest BCUT2D eigenvalue weighted by molar-refractivity contribution is -0.201. The molecule has 3 amide bonds. The van der Waals surface area contributed by atoms with Crippen molar-refractivity contribution in [2.45, 2.75) is 39.0 Å². The van der Waals surface area contributed by atoms with Gasteiger partial charge in [-0.25, -0.2) is 4.79 Å². The smallest absolute Gasteiger partial charge is 0.329 e. The minimum Gasteiger partial charge on any atom is -0.329 e. The Labute approximate surface area is 133 Å². The van der Waals surface area contributed by atoms with E-state index in [1.165, 1.54) is 6.92 Å². The molecular formula is C12H18N2O8S. The summed E-state index contributed by atoms with van der Waals surface area (Å²) in [6, 6.07) is 0. The maximum absolute atomic E-state index is 12.2. The molecule has 0 spiro atoms. The summed E-state index contributed by atoms with van der Waals surface area (Å²) < 4.78 is 31.3. The van der Waals surface area contributed by atoms with Gasteiger partial charge in [-0.2, -0.15) is 8.42 Å². The van der Waals surface area contributed by atoms with E-state index >= 15 is 0 Å². The molecule has 1 heterocycles. The largest absolute Gasteiger partial charge is 0.345 e. The van der Waals surface area contributed by atoms with E-state index < -0.39 is 45.1 Å². The van der Waals surface area contributed by atoms with Gasteiger partial charge >= 0.3 is 5.97 Å². The lowest BCUT2D eigenvalue weighted by atomic mass is 10.1. The third kappa shape index (κ3) is 4.26. The molecule has 1 N–H and O–H groups in total. The molecule has 1 fully saturated rings. The van der Waals surface area contributed by atoms with Gasteiger partial charge in [-0.05, 0) is 20.8 Å². The standard InChI is InChI=1S/C12H18N2O8S/c1-4-13(8(3)23(19,20)21)11(17)7(2)12(18)22-14-9(15)5-6-10(14)16/h7-8H,4-6H2,1-3H3,(H,19,20,21). The summed E-state index contributed by atoms with van der Waals surface area (Å²) in [5.41, 5.74) is 0. The topological polar surface area (TPSA) is 138 Å². The molecule has 1 aliphatic rings. The lowest BCUT2D eigenvalue weighted by Gasteiger charge is -2.28. The molecule has 130 valence electrons. The Morgan fingerprint density at radius 3 is 2.13 bits per heavy atom. The average Bonchev–Trinajstić information content (AvgIpc) is 2.77. The number of amides is 3. The predicted molar refractivity (Wildman–Crippen MR) is 74.7 cm³/mol. The second kappa shape index (κ2) is 7.04. The van der Waals surface area contributed by atoms with Gasteiger partial charge in [0.1, 0.15) is 5.92 Å². The number of nitrogens with zero attached hydrogens (tertiary/aromatic N) is 2. The van der Waals surface area contributed by atoms with Gasteiger partial charge in [-0.1, -0.05) is 0 Å². The van der Waals surface area contributed by atoms with Gasteiger partial charge < -0.3 is 9.74 Å². The van der Waals surface area contributed by atoms with Crippen molar-refractivity contribution in [1.29, 1.82) is 0 Å². The Morgan fingerprint density at radius 2 is 1.74 bits per heavy atom. The molecular weight excluding hydrogens is 332 g/mol. The van der Waals surface area contributed by atoms with Crippen LogP contribution in [0.3, 0.4) is 0 Å². The van der Waals surface area contributed by atoms with Crippen molar-refractivity contribution >= 4 is 33.8 Å². The van der Waals surface area contributed by atoms with Gasteiger partial charge in [-0.3, -0.25) is 18.9 Å². The Hall–Kier alpha value is -2.01. The van der Waals surface area contributed by atoms with Crippen LogP contribution in [0.5, 0.6) is 0 Å². The van der Waals surface area contributed by atoms with Crippen molar-refractivity contribution in [1.82, 2.24) is 9.96 Å². The number of hydrogen-bond acceptors (Lipinski definition) is 7. The van der Waals surface area contributed by atoms with Crippen molar-refractivity contribution in [3.8, 4) is 0 Å². The van der Waals surface area contributed by atoms with Crippen LogP contribution < -0.4 is 0 Å². The first kappa shape index (κ1) is 19.0. The number of hydroxylamine groups is 2. The first-order valence-electron chi connectivity index (χ1n) is 6.85. The number of carbonyl (C=O) groups is 4. The molecule has 2 unspecified atom stereocenters. The van der Waals surface area contributed by atoms with E-state index in [9.17, 15) is 27.6 Å². The van der Waals surface area contributed by atoms with Crippen LogP contribution in [0.2, 0.25) is 0 Å². The van der Waals surface area contributed by atoms with E-state index in [4.69, 9.17) is 4.55 Å². The predicted octanol–water partition coefficient (Wildman–Crippen LogP) is -0.688. The molecule has 0 aromatic rings. The van der Waals surface area contributed by atoms with Gasteiger partial charge in [0.25, 0.3) is 21.9 Å². The molecule has 23 heavy (non-hydrogen) atoms. The molecule has 0 aromatic carbocycles. The Bertz CT molecular complexity index is 613. The van der Waals surface area contributed by atoms with Gasteiger partial charge in [0.05, 0.1) is 0 Å². The lowest BCUT2D eigenvalue weighted by Crippen LogP contribution is -2.47. The number of carbonyl (C=O) groups excluding carboxylic acids is 4. The highest BCUT2D eigenvalue weighted by Crippen LogP contribution is 2.16. The highest BCUT2D eigenvalue weighted by Gasteiger charge is 2.38. The SMILES string of the molecule is CCN(C(=O)C(C)C(=O)ON1C(=O)CCC1=O)C(C)S(=O)(=O)O. The van der Waals surface area contributed by atoms with E-state index in [0.717, 1.165) is 18.7 Å². The Balaban J connectivity index is 2.83. The molecule has 0 bridgehead atoms. The quantitative estimate of drug-likeness (QED) is 0.377. The van der Waals surface area contributed by atoms with Gasteiger partial charge in [0, 0.05) is 19.4 Å². The first-order valence-corrected chi connectivity index (χ1v) is 8.35. The summed E-state index contributed by atoms with van der Waals surface area (Å²) in [7, 11) is -4.52. The van der Waals surface area contributed by atoms with Crippen molar-refractivity contribution in [2.75, 3.05) is 6.54 Å². The van der Waals surface area contributed by atoms with Crippen molar-refractivity contribution in [2.24, 2.45) is 5.92 Å². The van der Waals surface area contributed by atoms with E-state index in [1.54, 1.807) is 0 Å². The second-order valence-electron chi connectivity index (χ2n) is 4.95. The zero-order chi connectivity index (χ0) is 17.9. The maximum atomic E-state index is 12.2. The number of rotatable bonds is 6. The minimum atomic E-state index is -4.52. The molecule has 0 aliphatic carbocycles. The molecule has 10 nitrogen and oxygen atoms in total. The fourth-order valence-corrected chi connectivity index (χ4v) is 2.50. The molecule has 0 saturated carbocycles. The molecule has 1 saturated heterocycles. The summed E-state index contributed by atoms with van der Waals surface area (Å²) in [6.45, 7) is 3.61. The van der Waals surface area contributed by atoms with E-state index in [2.05, 4.69) is 4.84 Å². The molecule has 2 atom stereocenters. The molecule has 1 aliphatic heterocycles. The normalized spacial score (nSPS) is 17.8. The third-order valence-corrected chi connectivity index (χ3v) is 4.52. The Kier molecular flexibility index (Phi) is 5.83. The Morgan fingerprint density at radius 1 is 1.26 bits per heavy atom. The van der Waals surface area contributed by atoms with Crippen molar-refractivity contribution in [3.63, 3.8) is 0 Å². The van der Waals surface area contributed by atoms with Gasteiger partial charge in [-0.15, -0.1) is 5.06 Å². The van der Waals surface area contributed by atoms with E-state index in [0.29, 0.717) is 5.06 Å². The van der Waals surface area contributed by atoms with Crippen LogP contribution in [-0.2, 0) is 34.1 Å². The fraction of sp³-hybridized carbons (Fsp3) is 0.667. The molecule has 11 heteroatoms. The van der Waals surface area contributed by atoms with Gasteiger partial charge in [0.2, 0.25) is 5.91 Å². The zero-order valence-corrected chi connectivity index (χ0v) is 13.7. The van der Waals surface area contributed by atoms with Crippen LogP contribution >= 0.6 is 0 Å². The molecule has 1 rings (SSSR count). The van der Waals surface area contributed by atoms with Crippen LogP contribution in [0, 0.1) is 5.92 Å². The second-order valence-corrected chi connectivity index (χ2v) is 6.66. The highest BCUT2D eigenvalue weighted by molar-refractivity contribution is 7.86. The van der Waals surface area contributed by atoms with Crippen LogP contribution in [0.25, 0.3) is 0 Å². The number of hydrogen-bond donors (Lipinski definition) is 1. The summed E-state index contributed by atoms with van der Waals surface area (Å²) in [5.74, 6) is -4.93. The van der Waals surface area contributed by atoms with Crippen LogP contribution in [0.15, 0.2) is 0 Å². The van der Waals surface area contributed by atoms with Crippen LogP contribution in [0.1, 0.15) is 33.6 Å². The number of imide groups is 1. The van der Waals surface area contributed by atoms with Crippen molar-refractivity contribution in [3.05, 3.63) is 0 Å². The molecule has 0 aromatic heterocycles. The minimum absolute atomic E-state index is 0.0843. The van der Waals surface area contributed by atoms with Crippen LogP contribution in [0.4, 0.5) is 0 Å². The summed E-state index contributed by atoms with van der Waals surface area (Å²) in [4.78, 5) is 52.2. The van der Waals surface area contributed by atoms with Crippen LogP contribution in [-0.4, -0.2) is 58.5 Å². The zero-order valence-electron chi connectivity index (χ0n) is 12.9. The monoisotopic (exact) mass is 350 g/mol. The summed E-state index contributed by atoms with van der Waals surface area (Å²) >= 11 is 0. The van der Waals surface area contributed by atoms with E-state index in [1.807, 2.05) is 0 Å². The average molecular weight is 350 g/mol. The molecule has 0 radical (unpaired) electrons. The summed E-state index contributed by atoms with van der Waals surface area (Å²) in [5, 5.41) is -1.25. The third-order valence-electron chi connectivity index (χ3n) is 3.40. The maximum Gasteiger partial charge on any atom is 0.345 e. The first-order chi connectivity index (χ1) is 10.5. The fourth-order valence-electron chi connectivity index (χ4n) is 1.93. The van der Waals surface area contributed by atoms with Crippen molar-refractivity contribution < 1.29 is 37.0 Å². The van der Waals surface area contributed by atoms with E-state index in [-0.39, 0.29) is 19.4 Å².